The number of hydrogen-bond acceptors (Lipinski definition) is 5. The van der Waals surface area contributed by atoms with Crippen LogP contribution in [0.3, 0.4) is 0 Å². The maximum Gasteiger partial charge on any atom is 0.343 e. The predicted molar refractivity (Wildman–Crippen MR) is 126 cm³/mol. The molecule has 33 heavy (non-hydrogen) atoms. The number of hydrogen-bond donors (Lipinski definition) is 1. The molecule has 0 aliphatic rings. The van der Waals surface area contributed by atoms with Crippen LogP contribution >= 0.6 is 0 Å². The molecule has 6 heteroatoms. The van der Waals surface area contributed by atoms with Crippen molar-refractivity contribution in [3.63, 3.8) is 0 Å². The van der Waals surface area contributed by atoms with Gasteiger partial charge in [0.2, 0.25) is 5.91 Å². The molecule has 0 aliphatic carbocycles. The number of amides is 1. The SMILES string of the molecule is COC(=O)COc1cc(CC(=O)NCCc2ccccc2C)cc(OCc2ccccc2)c1. The van der Waals surface area contributed by atoms with E-state index in [4.69, 9.17) is 9.47 Å². The van der Waals surface area contributed by atoms with E-state index in [2.05, 4.69) is 29.1 Å². The topological polar surface area (TPSA) is 73.9 Å². The van der Waals surface area contributed by atoms with Crippen LogP contribution in [0.25, 0.3) is 0 Å². The fourth-order valence-corrected chi connectivity index (χ4v) is 3.32. The van der Waals surface area contributed by atoms with Crippen molar-refractivity contribution in [2.75, 3.05) is 20.3 Å². The van der Waals surface area contributed by atoms with E-state index in [1.165, 1.54) is 18.2 Å². The molecule has 6 nitrogen and oxygen atoms in total. The van der Waals surface area contributed by atoms with E-state index in [1.807, 2.05) is 48.5 Å². The Bertz CT molecular complexity index is 1070. The third-order valence-electron chi connectivity index (χ3n) is 5.11. The summed E-state index contributed by atoms with van der Waals surface area (Å²) in [7, 11) is 1.30. The Labute approximate surface area is 194 Å². The summed E-state index contributed by atoms with van der Waals surface area (Å²) in [5, 5.41) is 2.97. The van der Waals surface area contributed by atoms with E-state index in [-0.39, 0.29) is 18.9 Å². The molecule has 1 N–H and O–H groups in total. The Morgan fingerprint density at radius 1 is 0.848 bits per heavy atom. The quantitative estimate of drug-likeness (QED) is 0.450. The molecular formula is C27H29NO5. The molecule has 0 atom stereocenters. The minimum Gasteiger partial charge on any atom is -0.489 e. The zero-order valence-corrected chi connectivity index (χ0v) is 19.0. The molecule has 0 aliphatic heterocycles. The van der Waals surface area contributed by atoms with E-state index >= 15 is 0 Å². The first-order valence-electron chi connectivity index (χ1n) is 10.8. The number of ether oxygens (including phenoxy) is 3. The maximum atomic E-state index is 12.5. The maximum absolute atomic E-state index is 12.5. The van der Waals surface area contributed by atoms with E-state index in [1.54, 1.807) is 12.1 Å². The lowest BCUT2D eigenvalue weighted by atomic mass is 10.1. The van der Waals surface area contributed by atoms with Gasteiger partial charge in [-0.25, -0.2) is 4.79 Å². The number of carbonyl (C=O) groups excluding carboxylic acids is 2. The van der Waals surface area contributed by atoms with Crippen LogP contribution in [0, 0.1) is 6.92 Å². The molecular weight excluding hydrogens is 418 g/mol. The molecule has 0 saturated carbocycles. The number of benzene rings is 3. The summed E-state index contributed by atoms with van der Waals surface area (Å²) in [5.41, 5.74) is 4.18. The zero-order chi connectivity index (χ0) is 23.5. The first-order chi connectivity index (χ1) is 16.0. The molecule has 3 rings (SSSR count). The summed E-state index contributed by atoms with van der Waals surface area (Å²) in [4.78, 5) is 24.0. The van der Waals surface area contributed by atoms with Crippen LogP contribution in [0.5, 0.6) is 11.5 Å². The van der Waals surface area contributed by atoms with Gasteiger partial charge < -0.3 is 19.5 Å². The number of rotatable bonds is 11. The minimum atomic E-state index is -0.485. The summed E-state index contributed by atoms with van der Waals surface area (Å²) in [6.45, 7) is 2.78. The number of nitrogens with one attached hydrogen (secondary N) is 1. The third kappa shape index (κ3) is 8.00. The highest BCUT2D eigenvalue weighted by molar-refractivity contribution is 5.79. The van der Waals surface area contributed by atoms with Crippen molar-refractivity contribution in [2.45, 2.75) is 26.4 Å². The summed E-state index contributed by atoms with van der Waals surface area (Å²) in [6, 6.07) is 23.2. The smallest absolute Gasteiger partial charge is 0.343 e. The first kappa shape index (κ1) is 23.9. The van der Waals surface area contributed by atoms with E-state index < -0.39 is 5.97 Å². The van der Waals surface area contributed by atoms with Crippen molar-refractivity contribution < 1.29 is 23.8 Å². The van der Waals surface area contributed by atoms with Gasteiger partial charge in [0.05, 0.1) is 13.5 Å². The second-order valence-corrected chi connectivity index (χ2v) is 7.65. The van der Waals surface area contributed by atoms with Crippen molar-refractivity contribution in [3.8, 4) is 11.5 Å². The van der Waals surface area contributed by atoms with Gasteiger partial charge in [0.25, 0.3) is 0 Å². The van der Waals surface area contributed by atoms with Gasteiger partial charge in [0, 0.05) is 12.6 Å². The third-order valence-corrected chi connectivity index (χ3v) is 5.11. The summed E-state index contributed by atoms with van der Waals surface area (Å²) >= 11 is 0. The summed E-state index contributed by atoms with van der Waals surface area (Å²) in [5.74, 6) is 0.418. The normalized spacial score (nSPS) is 10.4. The van der Waals surface area contributed by atoms with Gasteiger partial charge in [-0.15, -0.1) is 0 Å². The average molecular weight is 448 g/mol. The Hall–Kier alpha value is -3.80. The fraction of sp³-hybridized carbons (Fsp3) is 0.259. The van der Waals surface area contributed by atoms with E-state index in [0.29, 0.717) is 24.7 Å². The Morgan fingerprint density at radius 3 is 2.27 bits per heavy atom. The van der Waals surface area contributed by atoms with Gasteiger partial charge in [-0.05, 0) is 47.7 Å². The first-order valence-corrected chi connectivity index (χ1v) is 10.8. The van der Waals surface area contributed by atoms with Crippen LogP contribution < -0.4 is 14.8 Å². The molecule has 0 aromatic heterocycles. The molecule has 0 saturated heterocycles. The standard InChI is InChI=1S/C27H29NO5/c1-20-8-6-7-11-23(20)12-13-28-26(29)16-22-14-24(32-18-21-9-4-3-5-10-21)17-25(15-22)33-19-27(30)31-2/h3-11,14-15,17H,12-13,16,18-19H2,1-2H3,(H,28,29). The lowest BCUT2D eigenvalue weighted by Gasteiger charge is -2.13. The predicted octanol–water partition coefficient (Wildman–Crippen LogP) is 4.03. The van der Waals surface area contributed by atoms with Gasteiger partial charge in [0.1, 0.15) is 18.1 Å². The van der Waals surface area contributed by atoms with Gasteiger partial charge in [0.15, 0.2) is 6.61 Å². The molecule has 0 spiro atoms. The Morgan fingerprint density at radius 2 is 1.55 bits per heavy atom. The monoisotopic (exact) mass is 447 g/mol. The van der Waals surface area contributed by atoms with Gasteiger partial charge in [-0.2, -0.15) is 0 Å². The minimum absolute atomic E-state index is 0.0947. The molecule has 0 unspecified atom stereocenters. The number of methoxy groups -OCH3 is 1. The van der Waals surface area contributed by atoms with Gasteiger partial charge in [-0.3, -0.25) is 4.79 Å². The second-order valence-electron chi connectivity index (χ2n) is 7.65. The molecule has 172 valence electrons. The van der Waals surface area contributed by atoms with Gasteiger partial charge >= 0.3 is 5.97 Å². The number of esters is 1. The van der Waals surface area contributed by atoms with Crippen LogP contribution in [0.1, 0.15) is 22.3 Å². The van der Waals surface area contributed by atoms with Crippen LogP contribution in [0.4, 0.5) is 0 Å². The number of carbonyl (C=O) groups is 2. The van der Waals surface area contributed by atoms with E-state index in [0.717, 1.165) is 17.5 Å². The molecule has 3 aromatic rings. The summed E-state index contributed by atoms with van der Waals surface area (Å²) in [6.07, 6.45) is 0.941. The molecule has 0 fully saturated rings. The fourth-order valence-electron chi connectivity index (χ4n) is 3.32. The largest absolute Gasteiger partial charge is 0.489 e. The lowest BCUT2D eigenvalue weighted by Crippen LogP contribution is -2.27. The molecule has 0 heterocycles. The highest BCUT2D eigenvalue weighted by Crippen LogP contribution is 2.24. The van der Waals surface area contributed by atoms with Crippen LogP contribution in [0.2, 0.25) is 0 Å². The van der Waals surface area contributed by atoms with Crippen molar-refractivity contribution in [1.82, 2.24) is 5.32 Å². The van der Waals surface area contributed by atoms with Crippen LogP contribution in [-0.4, -0.2) is 32.1 Å². The van der Waals surface area contributed by atoms with Crippen molar-refractivity contribution in [1.29, 1.82) is 0 Å². The van der Waals surface area contributed by atoms with Crippen LogP contribution in [0.15, 0.2) is 72.8 Å². The molecule has 3 aromatic carbocycles. The van der Waals surface area contributed by atoms with E-state index in [9.17, 15) is 9.59 Å². The highest BCUT2D eigenvalue weighted by Gasteiger charge is 2.10. The van der Waals surface area contributed by atoms with Gasteiger partial charge in [-0.1, -0.05) is 54.6 Å². The van der Waals surface area contributed by atoms with Crippen LogP contribution in [-0.2, 0) is 33.8 Å². The second kappa shape index (κ2) is 12.3. The van der Waals surface area contributed by atoms with Crippen molar-refractivity contribution >= 4 is 11.9 Å². The Balaban J connectivity index is 1.63. The molecule has 1 amide bonds. The Kier molecular flexibility index (Phi) is 8.88. The lowest BCUT2D eigenvalue weighted by molar-refractivity contribution is -0.142. The molecule has 0 radical (unpaired) electrons. The number of aryl methyl sites for hydroxylation is 1. The highest BCUT2D eigenvalue weighted by atomic mass is 16.6. The van der Waals surface area contributed by atoms with Crippen molar-refractivity contribution in [3.05, 3.63) is 95.1 Å². The zero-order valence-electron chi connectivity index (χ0n) is 19.0. The summed E-state index contributed by atoms with van der Waals surface area (Å²) < 4.78 is 16.1. The average Bonchev–Trinajstić information content (AvgIpc) is 2.83. The van der Waals surface area contributed by atoms with Crippen molar-refractivity contribution in [2.24, 2.45) is 0 Å². The molecule has 0 bridgehead atoms.